The van der Waals surface area contributed by atoms with Gasteiger partial charge in [-0.3, -0.25) is 0 Å². The number of nitrogens with zero attached hydrogens (tertiary/aromatic N) is 3. The molecular formula is C15H16HgN4S. The molecule has 0 aromatic heterocycles. The molecule has 2 rings (SSSR count). The van der Waals surface area contributed by atoms with Crippen molar-refractivity contribution in [3.8, 4) is 0 Å². The number of hydrazine groups is 1. The second-order valence-electron chi connectivity index (χ2n) is 4.50. The van der Waals surface area contributed by atoms with Crippen molar-refractivity contribution in [2.75, 3.05) is 7.78 Å². The van der Waals surface area contributed by atoms with E-state index in [0.29, 0.717) is 0 Å². The molecule has 1 N–H and O–H groups in total. The van der Waals surface area contributed by atoms with Crippen LogP contribution in [-0.4, -0.2) is 5.11 Å². The van der Waals surface area contributed by atoms with Crippen LogP contribution in [0.3, 0.4) is 0 Å². The second kappa shape index (κ2) is 8.19. The Bertz CT molecular complexity index is 591. The third-order valence-corrected chi connectivity index (χ3v) is 9.18. The Kier molecular flexibility index (Phi) is 6.26. The van der Waals surface area contributed by atoms with Gasteiger partial charge in [0.2, 0.25) is 0 Å². The summed E-state index contributed by atoms with van der Waals surface area (Å²) < 4.78 is 3.45. The number of nitrogens with one attached hydrogen (secondary N) is 1. The Morgan fingerprint density at radius 2 is 1.57 bits per heavy atom. The van der Waals surface area contributed by atoms with Gasteiger partial charge in [0.1, 0.15) is 0 Å². The van der Waals surface area contributed by atoms with E-state index in [9.17, 15) is 0 Å². The van der Waals surface area contributed by atoms with E-state index in [2.05, 4.69) is 26.9 Å². The van der Waals surface area contributed by atoms with E-state index < -0.39 is 24.9 Å². The summed E-state index contributed by atoms with van der Waals surface area (Å²) in [4.78, 5) is 0. The molecule has 0 aliphatic carbocycles. The van der Waals surface area contributed by atoms with E-state index >= 15 is 0 Å². The minimum atomic E-state index is -1.40. The van der Waals surface area contributed by atoms with Gasteiger partial charge in [-0.05, 0) is 0 Å². The summed E-state index contributed by atoms with van der Waals surface area (Å²) in [5, 5.41) is 5.68. The number of hydrogen-bond acceptors (Lipinski definition) is 3. The summed E-state index contributed by atoms with van der Waals surface area (Å²) in [7, 11) is 0. The Morgan fingerprint density at radius 3 is 2.05 bits per heavy atom. The summed E-state index contributed by atoms with van der Waals surface area (Å²) in [5.74, 6) is 0. The summed E-state index contributed by atoms with van der Waals surface area (Å²) in [6.07, 6.45) is 0. The minimum absolute atomic E-state index is 0.276. The van der Waals surface area contributed by atoms with Gasteiger partial charge in [0.25, 0.3) is 0 Å². The van der Waals surface area contributed by atoms with Crippen molar-refractivity contribution in [2.24, 2.45) is 5.11 Å². The number of para-hydroxylation sites is 2. The van der Waals surface area contributed by atoms with Gasteiger partial charge in [-0.15, -0.1) is 0 Å². The van der Waals surface area contributed by atoms with Gasteiger partial charge in [-0.25, -0.2) is 0 Å². The van der Waals surface area contributed by atoms with Crippen molar-refractivity contribution < 1.29 is 24.9 Å². The molecule has 0 saturated carbocycles. The third kappa shape index (κ3) is 4.08. The van der Waals surface area contributed by atoms with Crippen molar-refractivity contribution >= 4 is 28.7 Å². The van der Waals surface area contributed by atoms with Crippen LogP contribution in [0.1, 0.15) is 6.92 Å². The first-order chi connectivity index (χ1) is 10.3. The summed E-state index contributed by atoms with van der Waals surface area (Å²) in [6, 6.07) is 20.1. The molecule has 0 bridgehead atoms. The Labute approximate surface area is 143 Å². The fraction of sp³-hybridized carbons (Fsp3) is 0.133. The number of benzene rings is 2. The van der Waals surface area contributed by atoms with Crippen LogP contribution in [0, 0.1) is 5.53 Å². The molecule has 0 atom stereocenters. The summed E-state index contributed by atoms with van der Waals surface area (Å²) in [5.41, 5.74) is 9.39. The van der Waals surface area contributed by atoms with E-state index in [1.54, 1.807) is 0 Å². The van der Waals surface area contributed by atoms with Crippen LogP contribution in [0.25, 0.3) is 0 Å². The van der Waals surface area contributed by atoms with Crippen molar-refractivity contribution in [3.63, 3.8) is 0 Å². The van der Waals surface area contributed by atoms with Crippen LogP contribution in [-0.2, 0) is 24.9 Å². The molecule has 0 aliphatic heterocycles. The molecule has 4 nitrogen and oxygen atoms in total. The van der Waals surface area contributed by atoms with Gasteiger partial charge >= 0.3 is 144 Å². The molecule has 0 heterocycles. The van der Waals surface area contributed by atoms with E-state index in [1.165, 1.54) is 3.93 Å². The quantitative estimate of drug-likeness (QED) is 0.290. The SMILES string of the molecule is C[CH2][Hg][N](c1ccccc1)N(C(=S)N=N)c1ccccc1. The van der Waals surface area contributed by atoms with Crippen LogP contribution in [0.4, 0.5) is 11.4 Å². The van der Waals surface area contributed by atoms with Crippen LogP contribution in [0.5, 0.6) is 0 Å². The molecule has 0 fully saturated rings. The van der Waals surface area contributed by atoms with Crippen LogP contribution >= 0.6 is 12.2 Å². The molecule has 0 amide bonds. The number of rotatable bonds is 5. The topological polar surface area (TPSA) is 42.7 Å². The van der Waals surface area contributed by atoms with Crippen molar-refractivity contribution in [1.29, 1.82) is 5.53 Å². The zero-order valence-electron chi connectivity index (χ0n) is 11.9. The van der Waals surface area contributed by atoms with E-state index in [4.69, 9.17) is 17.7 Å². The van der Waals surface area contributed by atoms with Gasteiger partial charge in [-0.1, -0.05) is 0 Å². The van der Waals surface area contributed by atoms with Gasteiger partial charge in [-0.2, -0.15) is 0 Å². The molecule has 0 aliphatic rings. The van der Waals surface area contributed by atoms with Gasteiger partial charge in [0.15, 0.2) is 0 Å². The van der Waals surface area contributed by atoms with Gasteiger partial charge in [0.05, 0.1) is 0 Å². The molecule has 6 heteroatoms. The van der Waals surface area contributed by atoms with Crippen molar-refractivity contribution in [3.05, 3.63) is 60.7 Å². The zero-order chi connectivity index (χ0) is 15.1. The number of thiocarbonyl (C=S) groups is 1. The predicted molar refractivity (Wildman–Crippen MR) is 86.1 cm³/mol. The number of hydrogen-bond donors (Lipinski definition) is 1. The average Bonchev–Trinajstić information content (AvgIpc) is 2.56. The van der Waals surface area contributed by atoms with Gasteiger partial charge < -0.3 is 0 Å². The fourth-order valence-electron chi connectivity index (χ4n) is 2.13. The zero-order valence-corrected chi connectivity index (χ0v) is 18.3. The molecule has 0 unspecified atom stereocenters. The van der Waals surface area contributed by atoms with Crippen LogP contribution in [0.15, 0.2) is 65.8 Å². The van der Waals surface area contributed by atoms with Crippen molar-refractivity contribution in [2.45, 2.75) is 10.9 Å². The number of anilines is 2. The molecule has 0 saturated heterocycles. The maximum absolute atomic E-state index is 7.32. The van der Waals surface area contributed by atoms with E-state index in [0.717, 1.165) is 11.4 Å². The van der Waals surface area contributed by atoms with E-state index in [1.807, 2.05) is 53.5 Å². The summed E-state index contributed by atoms with van der Waals surface area (Å²) in [6.45, 7) is 2.21. The monoisotopic (exact) mass is 486 g/mol. The molecule has 21 heavy (non-hydrogen) atoms. The van der Waals surface area contributed by atoms with Crippen LogP contribution in [0.2, 0.25) is 3.93 Å². The fourth-order valence-corrected chi connectivity index (χ4v) is 8.13. The molecule has 2 aromatic rings. The first kappa shape index (κ1) is 16.0. The standard InChI is InChI=1S/C13H11N4S.C2H5.Hg/c14-15-13(18)17(12-9-5-2-6-10-12)16-11-7-3-1-4-8-11;1-2;/h1-10,14H;1H2,2H3;/q-1;;+1. The van der Waals surface area contributed by atoms with Crippen molar-refractivity contribution in [1.82, 2.24) is 0 Å². The Morgan fingerprint density at radius 1 is 1.05 bits per heavy atom. The third-order valence-electron chi connectivity index (χ3n) is 3.01. The molecule has 0 radical (unpaired) electrons. The predicted octanol–water partition coefficient (Wildman–Crippen LogP) is 4.67. The molecular weight excluding hydrogens is 469 g/mol. The first-order valence-corrected chi connectivity index (χ1v) is 13.6. The van der Waals surface area contributed by atoms with E-state index in [-0.39, 0.29) is 5.11 Å². The molecule has 104 valence electrons. The molecule has 2 aromatic carbocycles. The Balaban J connectivity index is 2.46. The Hall–Kier alpha value is -1.33. The van der Waals surface area contributed by atoms with Gasteiger partial charge in [0, 0.05) is 0 Å². The second-order valence-corrected chi connectivity index (χ2v) is 12.8. The van der Waals surface area contributed by atoms with Crippen LogP contribution < -0.4 is 7.78 Å². The molecule has 0 spiro atoms. The maximum atomic E-state index is 7.32. The first-order valence-electron chi connectivity index (χ1n) is 6.87. The summed E-state index contributed by atoms with van der Waals surface area (Å²) >= 11 is 3.92. The average molecular weight is 485 g/mol. The normalized spacial score (nSPS) is 9.57.